The normalized spacial score (nSPS) is 12.0. The molecule has 0 aliphatic rings. The van der Waals surface area contributed by atoms with E-state index < -0.39 is 23.4 Å². The van der Waals surface area contributed by atoms with E-state index in [1.54, 1.807) is 41.5 Å². The fraction of sp³-hybridized carbons (Fsp3) is 0.882. The van der Waals surface area contributed by atoms with E-state index in [-0.39, 0.29) is 6.54 Å². The zero-order valence-corrected chi connectivity index (χ0v) is 15.8. The van der Waals surface area contributed by atoms with Crippen LogP contribution < -0.4 is 5.32 Å². The van der Waals surface area contributed by atoms with Crippen molar-refractivity contribution in [3.8, 4) is 0 Å². The number of ether oxygens (including phenoxy) is 2. The average Bonchev–Trinajstić information content (AvgIpc) is 2.33. The van der Waals surface area contributed by atoms with Crippen molar-refractivity contribution in [2.24, 2.45) is 0 Å². The fourth-order valence-corrected chi connectivity index (χ4v) is 1.68. The Kier molecular flexibility index (Phi) is 9.20. The number of carbonyl (C=O) groups excluding carboxylic acids is 2. The lowest BCUT2D eigenvalue weighted by atomic mass is 10.2. The number of amides is 2. The van der Waals surface area contributed by atoms with Gasteiger partial charge < -0.3 is 14.8 Å². The summed E-state index contributed by atoms with van der Waals surface area (Å²) < 4.78 is 10.6. The van der Waals surface area contributed by atoms with Crippen molar-refractivity contribution in [2.75, 3.05) is 19.6 Å². The molecule has 0 spiro atoms. The topological polar surface area (TPSA) is 67.9 Å². The largest absolute Gasteiger partial charge is 0.443 e. The van der Waals surface area contributed by atoms with Crippen LogP contribution in [-0.2, 0) is 9.47 Å². The maximum absolute atomic E-state index is 12.2. The second-order valence-corrected chi connectivity index (χ2v) is 7.57. The van der Waals surface area contributed by atoms with Gasteiger partial charge in [-0.2, -0.15) is 0 Å². The van der Waals surface area contributed by atoms with Crippen molar-refractivity contribution in [3.05, 3.63) is 0 Å². The van der Waals surface area contributed by atoms with Crippen LogP contribution >= 0.6 is 0 Å². The van der Waals surface area contributed by atoms with Crippen LogP contribution in [0.4, 0.5) is 9.59 Å². The van der Waals surface area contributed by atoms with Crippen LogP contribution in [-0.4, -0.2) is 47.9 Å². The van der Waals surface area contributed by atoms with Crippen LogP contribution in [0, 0.1) is 0 Å². The van der Waals surface area contributed by atoms with Gasteiger partial charge in [0.25, 0.3) is 0 Å². The number of hydrogen-bond donors (Lipinski definition) is 1. The minimum Gasteiger partial charge on any atom is -0.443 e. The van der Waals surface area contributed by atoms with Gasteiger partial charge in [-0.1, -0.05) is 13.3 Å². The van der Waals surface area contributed by atoms with E-state index in [0.717, 1.165) is 30.8 Å². The molecule has 0 fully saturated rings. The highest BCUT2D eigenvalue weighted by atomic mass is 16.6. The van der Waals surface area contributed by atoms with Crippen molar-refractivity contribution in [3.63, 3.8) is 0 Å². The molecule has 6 nitrogen and oxygen atoms in total. The quantitative estimate of drug-likeness (QED) is 0.716. The highest BCUT2D eigenvalue weighted by molar-refractivity contribution is 5.88. The van der Waals surface area contributed by atoms with E-state index in [0.29, 0.717) is 6.42 Å². The van der Waals surface area contributed by atoms with Gasteiger partial charge in [0.15, 0.2) is 0 Å². The first-order chi connectivity index (χ1) is 10.5. The maximum Gasteiger partial charge on any atom is 0.419 e. The highest BCUT2D eigenvalue weighted by Gasteiger charge is 2.30. The number of carbonyl (C=O) groups is 2. The van der Waals surface area contributed by atoms with Gasteiger partial charge in [0, 0.05) is 6.54 Å². The average molecular weight is 330 g/mol. The molecule has 6 heteroatoms. The zero-order chi connectivity index (χ0) is 18.1. The van der Waals surface area contributed by atoms with Crippen molar-refractivity contribution < 1.29 is 19.1 Å². The summed E-state index contributed by atoms with van der Waals surface area (Å²) in [5, 5.41) is 3.29. The lowest BCUT2D eigenvalue weighted by molar-refractivity contribution is 0.00133. The third kappa shape index (κ3) is 11.9. The van der Waals surface area contributed by atoms with Crippen LogP contribution in [0.1, 0.15) is 67.7 Å². The van der Waals surface area contributed by atoms with E-state index in [1.807, 2.05) is 0 Å². The number of rotatable bonds is 7. The molecule has 23 heavy (non-hydrogen) atoms. The molecule has 0 aliphatic heterocycles. The monoisotopic (exact) mass is 330 g/mol. The van der Waals surface area contributed by atoms with Crippen LogP contribution in [0.3, 0.4) is 0 Å². The molecule has 0 rings (SSSR count). The number of unbranched alkanes of at least 4 members (excludes halogenated alkanes) is 1. The van der Waals surface area contributed by atoms with Crippen LogP contribution in [0.25, 0.3) is 0 Å². The summed E-state index contributed by atoms with van der Waals surface area (Å²) in [7, 11) is 0. The Balaban J connectivity index is 4.61. The van der Waals surface area contributed by atoms with Gasteiger partial charge in [0.05, 0.1) is 0 Å². The molecule has 0 atom stereocenters. The smallest absolute Gasteiger partial charge is 0.419 e. The van der Waals surface area contributed by atoms with Gasteiger partial charge in [-0.15, -0.1) is 0 Å². The predicted molar refractivity (Wildman–Crippen MR) is 91.6 cm³/mol. The van der Waals surface area contributed by atoms with Gasteiger partial charge in [-0.05, 0) is 67.5 Å². The fourth-order valence-electron chi connectivity index (χ4n) is 1.68. The Labute approximate surface area is 140 Å². The highest BCUT2D eigenvalue weighted by Crippen LogP contribution is 2.14. The molecule has 0 unspecified atom stereocenters. The Morgan fingerprint density at radius 2 is 1.30 bits per heavy atom. The third-order valence-electron chi connectivity index (χ3n) is 2.67. The summed E-state index contributed by atoms with van der Waals surface area (Å²) in [4.78, 5) is 25.5. The van der Waals surface area contributed by atoms with E-state index in [1.165, 1.54) is 0 Å². The van der Waals surface area contributed by atoms with Gasteiger partial charge >= 0.3 is 12.2 Å². The molecule has 0 aliphatic carbocycles. The van der Waals surface area contributed by atoms with Crippen LogP contribution in [0.15, 0.2) is 0 Å². The number of hydrogen-bond acceptors (Lipinski definition) is 5. The molecule has 0 saturated carbocycles. The first kappa shape index (κ1) is 21.7. The first-order valence-corrected chi connectivity index (χ1v) is 8.40. The molecule has 0 aromatic rings. The molecule has 0 saturated heterocycles. The van der Waals surface area contributed by atoms with E-state index in [2.05, 4.69) is 12.2 Å². The molecular formula is C17H34N2O4. The van der Waals surface area contributed by atoms with E-state index >= 15 is 0 Å². The molecule has 0 heterocycles. The molecule has 0 bridgehead atoms. The van der Waals surface area contributed by atoms with Gasteiger partial charge in [-0.25, -0.2) is 14.5 Å². The minimum atomic E-state index is -0.666. The molecule has 0 aromatic heterocycles. The lowest BCUT2D eigenvalue weighted by Gasteiger charge is -2.28. The summed E-state index contributed by atoms with van der Waals surface area (Å²) in [5.74, 6) is 0. The Morgan fingerprint density at radius 3 is 1.70 bits per heavy atom. The van der Waals surface area contributed by atoms with Crippen molar-refractivity contribution >= 4 is 12.2 Å². The van der Waals surface area contributed by atoms with Crippen LogP contribution in [0.5, 0.6) is 0 Å². The maximum atomic E-state index is 12.2. The van der Waals surface area contributed by atoms with Gasteiger partial charge in [0.1, 0.15) is 11.2 Å². The number of nitrogens with zero attached hydrogens (tertiary/aromatic N) is 1. The second-order valence-electron chi connectivity index (χ2n) is 7.57. The van der Waals surface area contributed by atoms with Crippen molar-refractivity contribution in [1.29, 1.82) is 0 Å². The zero-order valence-electron chi connectivity index (χ0n) is 15.8. The summed E-state index contributed by atoms with van der Waals surface area (Å²) in [5.41, 5.74) is -1.31. The predicted octanol–water partition coefficient (Wildman–Crippen LogP) is 3.94. The lowest BCUT2D eigenvalue weighted by Crippen LogP contribution is -2.44. The van der Waals surface area contributed by atoms with Crippen molar-refractivity contribution in [2.45, 2.75) is 78.9 Å². The summed E-state index contributed by atoms with van der Waals surface area (Å²) >= 11 is 0. The van der Waals surface area contributed by atoms with Crippen LogP contribution in [0.2, 0.25) is 0 Å². The molecule has 1 N–H and O–H groups in total. The Hall–Kier alpha value is -1.30. The van der Waals surface area contributed by atoms with Gasteiger partial charge in [0.2, 0.25) is 0 Å². The molecular weight excluding hydrogens is 296 g/mol. The van der Waals surface area contributed by atoms with Crippen molar-refractivity contribution in [1.82, 2.24) is 10.2 Å². The molecule has 136 valence electrons. The Morgan fingerprint density at radius 1 is 0.870 bits per heavy atom. The van der Waals surface area contributed by atoms with E-state index in [9.17, 15) is 9.59 Å². The van der Waals surface area contributed by atoms with Gasteiger partial charge in [-0.3, -0.25) is 0 Å². The standard InChI is InChI=1S/C17H34N2O4/c1-8-9-11-18-12-10-13-19(14(20)22-16(2,3)4)15(21)23-17(5,6)7/h18H,8-13H2,1-7H3. The second kappa shape index (κ2) is 9.75. The number of nitrogens with one attached hydrogen (secondary N) is 1. The summed E-state index contributed by atoms with van der Waals surface area (Å²) in [6.07, 6.45) is 1.57. The minimum absolute atomic E-state index is 0.267. The molecule has 2 amide bonds. The third-order valence-corrected chi connectivity index (χ3v) is 2.67. The summed E-state index contributed by atoms with van der Waals surface area (Å²) in [6.45, 7) is 14.7. The SMILES string of the molecule is CCCCNCCCN(C(=O)OC(C)(C)C)C(=O)OC(C)(C)C. The first-order valence-electron chi connectivity index (χ1n) is 8.40. The Bertz CT molecular complexity index is 342. The number of imide groups is 1. The molecule has 0 aromatic carbocycles. The summed E-state index contributed by atoms with van der Waals surface area (Å²) in [6, 6.07) is 0. The molecule has 0 radical (unpaired) electrons. The van der Waals surface area contributed by atoms with E-state index in [4.69, 9.17) is 9.47 Å².